The van der Waals surface area contributed by atoms with Crippen LogP contribution in [0.4, 0.5) is 5.82 Å². The summed E-state index contributed by atoms with van der Waals surface area (Å²) in [7, 11) is 0. The molecule has 152 valence electrons. The number of hydrogen-bond donors (Lipinski definition) is 3. The van der Waals surface area contributed by atoms with E-state index in [1.54, 1.807) is 0 Å². The molecule has 2 heterocycles. The zero-order valence-electron chi connectivity index (χ0n) is 16.9. The predicted octanol–water partition coefficient (Wildman–Crippen LogP) is 4.70. The maximum Gasteiger partial charge on any atom is 0.270 e. The number of aromatic nitrogens is 2. The van der Waals surface area contributed by atoms with E-state index in [2.05, 4.69) is 29.4 Å². The Bertz CT molecular complexity index is 1220. The predicted molar refractivity (Wildman–Crippen MR) is 115 cm³/mol. The zero-order chi connectivity index (χ0) is 20.9. The first kappa shape index (κ1) is 18.5. The van der Waals surface area contributed by atoms with Crippen LogP contribution in [0.5, 0.6) is 11.5 Å². The van der Waals surface area contributed by atoms with E-state index in [0.717, 1.165) is 23.4 Å². The van der Waals surface area contributed by atoms with Gasteiger partial charge in [-0.15, -0.1) is 0 Å². The van der Waals surface area contributed by atoms with E-state index in [-0.39, 0.29) is 16.8 Å². The van der Waals surface area contributed by atoms with Crippen molar-refractivity contribution >= 4 is 11.6 Å². The third kappa shape index (κ3) is 3.14. The number of fused-ring (bicyclic) bond motifs is 1. The summed E-state index contributed by atoms with van der Waals surface area (Å²) in [5.74, 6) is 1.67. The number of benzene rings is 2. The molecule has 0 amide bonds. The highest BCUT2D eigenvalue weighted by atomic mass is 16.5. The van der Waals surface area contributed by atoms with Crippen molar-refractivity contribution in [2.24, 2.45) is 5.41 Å². The van der Waals surface area contributed by atoms with E-state index in [9.17, 15) is 9.59 Å². The van der Waals surface area contributed by atoms with E-state index in [1.165, 1.54) is 0 Å². The Kier molecular flexibility index (Phi) is 4.17. The van der Waals surface area contributed by atoms with Gasteiger partial charge in [0.2, 0.25) is 0 Å². The summed E-state index contributed by atoms with van der Waals surface area (Å²) in [5, 5.41) is 8.90. The highest BCUT2D eigenvalue weighted by Gasteiger charge is 2.42. The lowest BCUT2D eigenvalue weighted by Crippen LogP contribution is -2.34. The van der Waals surface area contributed by atoms with Crippen LogP contribution in [0.1, 0.15) is 43.7 Å². The summed E-state index contributed by atoms with van der Waals surface area (Å²) in [5.41, 5.74) is 2.62. The summed E-state index contributed by atoms with van der Waals surface area (Å²) in [6, 6.07) is 17.2. The second kappa shape index (κ2) is 6.76. The Labute approximate surface area is 174 Å². The lowest BCUT2D eigenvalue weighted by Gasteiger charge is -2.37. The van der Waals surface area contributed by atoms with Crippen molar-refractivity contribution in [1.29, 1.82) is 0 Å². The Hall–Kier alpha value is -3.54. The van der Waals surface area contributed by atoms with E-state index < -0.39 is 5.92 Å². The first-order chi connectivity index (χ1) is 14.4. The summed E-state index contributed by atoms with van der Waals surface area (Å²) < 4.78 is 6.00. The molecular formula is C24H23N3O3. The first-order valence-corrected chi connectivity index (χ1v) is 10.1. The molecule has 2 aliphatic rings. The highest BCUT2D eigenvalue weighted by Crippen LogP contribution is 2.47. The molecule has 2 aromatic carbocycles. The van der Waals surface area contributed by atoms with Gasteiger partial charge in [-0.25, -0.2) is 0 Å². The fraction of sp³-hybridized carbons (Fsp3) is 0.250. The number of rotatable bonds is 3. The minimum atomic E-state index is -0.436. The van der Waals surface area contributed by atoms with Gasteiger partial charge in [-0.2, -0.15) is 0 Å². The summed E-state index contributed by atoms with van der Waals surface area (Å²) in [6.07, 6.45) is 1.21. The fourth-order valence-electron chi connectivity index (χ4n) is 4.53. The Morgan fingerprint density at radius 3 is 2.50 bits per heavy atom. The van der Waals surface area contributed by atoms with Gasteiger partial charge in [-0.3, -0.25) is 19.8 Å². The number of allylic oxidation sites excluding steroid dienone is 2. The van der Waals surface area contributed by atoms with Gasteiger partial charge in [0.1, 0.15) is 17.3 Å². The number of nitrogens with one attached hydrogen (secondary N) is 3. The van der Waals surface area contributed by atoms with Crippen molar-refractivity contribution in [3.8, 4) is 11.5 Å². The molecule has 3 N–H and O–H groups in total. The molecule has 0 bridgehead atoms. The van der Waals surface area contributed by atoms with Gasteiger partial charge < -0.3 is 10.1 Å². The van der Waals surface area contributed by atoms with Crippen molar-refractivity contribution in [1.82, 2.24) is 10.2 Å². The average Bonchev–Trinajstić information content (AvgIpc) is 3.07. The minimum absolute atomic E-state index is 0.0828. The third-order valence-corrected chi connectivity index (χ3v) is 5.76. The number of H-pyrrole nitrogens is 2. The van der Waals surface area contributed by atoms with Crippen molar-refractivity contribution in [3.63, 3.8) is 0 Å². The van der Waals surface area contributed by atoms with Crippen LogP contribution in [0, 0.1) is 5.41 Å². The highest BCUT2D eigenvalue weighted by molar-refractivity contribution is 6.01. The normalized spacial score (nSPS) is 19.7. The van der Waals surface area contributed by atoms with Gasteiger partial charge in [0.05, 0.1) is 5.56 Å². The SMILES string of the molecule is CC1(C)CC(=O)C2=C(C1)Nc1[nH][nH]c(=O)c1[C@@H]2c1cccc(Oc2ccccc2)c1. The summed E-state index contributed by atoms with van der Waals surface area (Å²) >= 11 is 0. The second-order valence-corrected chi connectivity index (χ2v) is 8.75. The van der Waals surface area contributed by atoms with Crippen LogP contribution >= 0.6 is 0 Å². The lowest BCUT2D eigenvalue weighted by atomic mass is 9.69. The van der Waals surface area contributed by atoms with Crippen molar-refractivity contribution in [2.45, 2.75) is 32.6 Å². The van der Waals surface area contributed by atoms with Crippen LogP contribution in [-0.2, 0) is 4.79 Å². The maximum atomic E-state index is 13.2. The van der Waals surface area contributed by atoms with Crippen molar-refractivity contribution < 1.29 is 9.53 Å². The molecule has 6 heteroatoms. The molecule has 5 rings (SSSR count). The lowest BCUT2D eigenvalue weighted by molar-refractivity contribution is -0.118. The summed E-state index contributed by atoms with van der Waals surface area (Å²) in [4.78, 5) is 25.8. The van der Waals surface area contributed by atoms with Crippen molar-refractivity contribution in [3.05, 3.63) is 87.3 Å². The molecule has 0 saturated heterocycles. The Morgan fingerprint density at radius 2 is 1.70 bits per heavy atom. The van der Waals surface area contributed by atoms with E-state index in [4.69, 9.17) is 4.74 Å². The molecule has 1 aliphatic carbocycles. The number of anilines is 1. The van der Waals surface area contributed by atoms with E-state index in [0.29, 0.717) is 29.1 Å². The largest absolute Gasteiger partial charge is 0.457 e. The van der Waals surface area contributed by atoms with Gasteiger partial charge in [-0.05, 0) is 41.7 Å². The molecule has 0 saturated carbocycles. The molecule has 0 unspecified atom stereocenters. The first-order valence-electron chi connectivity index (χ1n) is 10.1. The number of hydrogen-bond acceptors (Lipinski definition) is 4. The zero-order valence-corrected chi connectivity index (χ0v) is 16.9. The fourth-order valence-corrected chi connectivity index (χ4v) is 4.53. The quantitative estimate of drug-likeness (QED) is 0.594. The number of aromatic amines is 2. The third-order valence-electron chi connectivity index (χ3n) is 5.76. The van der Waals surface area contributed by atoms with E-state index >= 15 is 0 Å². The summed E-state index contributed by atoms with van der Waals surface area (Å²) in [6.45, 7) is 4.18. The number of Topliss-reactive ketones (excluding diaryl/α,β-unsaturated/α-hetero) is 1. The Morgan fingerprint density at radius 1 is 0.933 bits per heavy atom. The van der Waals surface area contributed by atoms with Gasteiger partial charge in [0.25, 0.3) is 5.56 Å². The molecule has 0 radical (unpaired) electrons. The van der Waals surface area contributed by atoms with Gasteiger partial charge in [-0.1, -0.05) is 44.2 Å². The molecule has 6 nitrogen and oxygen atoms in total. The van der Waals surface area contributed by atoms with Crippen LogP contribution in [-0.4, -0.2) is 16.0 Å². The Balaban J connectivity index is 1.62. The topological polar surface area (TPSA) is 87.0 Å². The number of carbonyl (C=O) groups is 1. The maximum absolute atomic E-state index is 13.2. The van der Waals surface area contributed by atoms with Crippen LogP contribution in [0.25, 0.3) is 0 Å². The molecule has 30 heavy (non-hydrogen) atoms. The van der Waals surface area contributed by atoms with Crippen LogP contribution in [0.2, 0.25) is 0 Å². The molecule has 0 fully saturated rings. The van der Waals surface area contributed by atoms with Gasteiger partial charge >= 0.3 is 0 Å². The number of carbonyl (C=O) groups excluding carboxylic acids is 1. The average molecular weight is 401 g/mol. The number of ether oxygens (including phenoxy) is 1. The standard InChI is InChI=1S/C24H23N3O3/c1-24(2)12-17-20(18(28)13-24)19(21-22(25-17)26-27-23(21)29)14-7-6-10-16(11-14)30-15-8-4-3-5-9-15/h3-11,19H,12-13H2,1-2H3,(H3,25,26,27,29)/t19-/m1/s1. The van der Waals surface area contributed by atoms with Gasteiger partial charge in [0, 0.05) is 23.6 Å². The smallest absolute Gasteiger partial charge is 0.270 e. The number of para-hydroxylation sites is 1. The molecule has 3 aromatic rings. The van der Waals surface area contributed by atoms with Gasteiger partial charge in [0.15, 0.2) is 5.78 Å². The monoisotopic (exact) mass is 401 g/mol. The molecule has 1 aliphatic heterocycles. The second-order valence-electron chi connectivity index (χ2n) is 8.75. The molecule has 0 spiro atoms. The number of ketones is 1. The van der Waals surface area contributed by atoms with Crippen molar-refractivity contribution in [2.75, 3.05) is 5.32 Å². The molecule has 1 aromatic heterocycles. The molecular weight excluding hydrogens is 378 g/mol. The van der Waals surface area contributed by atoms with Crippen LogP contribution in [0.3, 0.4) is 0 Å². The minimum Gasteiger partial charge on any atom is -0.457 e. The van der Waals surface area contributed by atoms with Crippen LogP contribution < -0.4 is 15.6 Å². The molecule has 1 atom stereocenters. The van der Waals surface area contributed by atoms with Crippen LogP contribution in [0.15, 0.2) is 70.7 Å². The van der Waals surface area contributed by atoms with E-state index in [1.807, 2.05) is 54.6 Å².